The van der Waals surface area contributed by atoms with E-state index < -0.39 is 0 Å². The molecular weight excluding hydrogens is 364 g/mol. The lowest BCUT2D eigenvalue weighted by Gasteiger charge is -2.17. The van der Waals surface area contributed by atoms with E-state index in [1.807, 2.05) is 31.4 Å². The van der Waals surface area contributed by atoms with Crippen molar-refractivity contribution in [1.29, 1.82) is 0 Å². The predicted molar refractivity (Wildman–Crippen MR) is 112 cm³/mol. The molecule has 0 saturated heterocycles. The monoisotopic (exact) mass is 388 g/mol. The Hall–Kier alpha value is -2.06. The highest BCUT2D eigenvalue weighted by molar-refractivity contribution is 7.80. The van der Waals surface area contributed by atoms with Gasteiger partial charge in [-0.1, -0.05) is 18.9 Å². The molecule has 0 amide bonds. The molecule has 0 radical (unpaired) electrons. The third kappa shape index (κ3) is 5.74. The highest BCUT2D eigenvalue weighted by Crippen LogP contribution is 2.17. The molecular formula is C18H24N6S2. The number of thiocarbonyl (C=S) groups is 1. The third-order valence-corrected chi connectivity index (χ3v) is 5.19. The molecule has 2 aromatic rings. The normalized spacial score (nSPS) is 15.1. The molecule has 1 aliphatic rings. The summed E-state index contributed by atoms with van der Waals surface area (Å²) in [6, 6.07) is 6.47. The van der Waals surface area contributed by atoms with E-state index in [2.05, 4.69) is 37.0 Å². The molecule has 6 nitrogen and oxygen atoms in total. The Morgan fingerprint density at radius 2 is 2.00 bits per heavy atom. The van der Waals surface area contributed by atoms with Gasteiger partial charge in [-0.2, -0.15) is 0 Å². The first-order valence-electron chi connectivity index (χ1n) is 8.82. The smallest absolute Gasteiger partial charge is 0.229 e. The van der Waals surface area contributed by atoms with Gasteiger partial charge in [0, 0.05) is 22.3 Å². The van der Waals surface area contributed by atoms with E-state index >= 15 is 0 Å². The van der Waals surface area contributed by atoms with Crippen LogP contribution in [-0.2, 0) is 6.54 Å². The lowest BCUT2D eigenvalue weighted by atomic mass is 10.3. The number of aromatic nitrogens is 2. The quantitative estimate of drug-likeness (QED) is 0.423. The van der Waals surface area contributed by atoms with E-state index in [4.69, 9.17) is 12.2 Å². The Morgan fingerprint density at radius 1 is 1.27 bits per heavy atom. The van der Waals surface area contributed by atoms with E-state index in [0.717, 1.165) is 24.2 Å². The highest BCUT2D eigenvalue weighted by Gasteiger charge is 2.16. The van der Waals surface area contributed by atoms with Crippen LogP contribution < -0.4 is 16.0 Å². The number of guanidine groups is 1. The molecule has 0 aromatic carbocycles. The number of thiophene rings is 1. The fraction of sp³-hybridized carbons (Fsp3) is 0.444. The van der Waals surface area contributed by atoms with Gasteiger partial charge in [0.05, 0.1) is 6.54 Å². The zero-order valence-electron chi connectivity index (χ0n) is 15.1. The van der Waals surface area contributed by atoms with Crippen molar-refractivity contribution in [1.82, 2.24) is 20.6 Å². The first kappa shape index (κ1) is 18.7. The summed E-state index contributed by atoms with van der Waals surface area (Å²) >= 11 is 7.15. The summed E-state index contributed by atoms with van der Waals surface area (Å²) in [5.41, 5.74) is 1.81. The molecule has 3 rings (SSSR count). The van der Waals surface area contributed by atoms with Gasteiger partial charge in [-0.05, 0) is 56.4 Å². The Kier molecular flexibility index (Phi) is 6.51. The summed E-state index contributed by atoms with van der Waals surface area (Å²) < 4.78 is 0. The number of nitrogens with zero attached hydrogens (tertiary/aromatic N) is 3. The standard InChI is InChI=1S/C18H24N6S2/c1-12-10-13(2)21-17(20-12)23-16(19-11-15-8-5-9-26-15)24-18(25)22-14-6-3-4-7-14/h5,8-10,14H,3-4,6-7,11H2,1-2H3,(H3,19,20,21,22,23,24,25). The highest BCUT2D eigenvalue weighted by atomic mass is 32.1. The molecule has 0 aliphatic heterocycles. The SMILES string of the molecule is Cc1cc(C)nc(NC(=NCc2cccs2)NC(=S)NC2CCCC2)n1. The van der Waals surface area contributed by atoms with Crippen LogP contribution in [0.25, 0.3) is 0 Å². The molecule has 1 saturated carbocycles. The predicted octanol–water partition coefficient (Wildman–Crippen LogP) is 3.53. The second kappa shape index (κ2) is 9.05. The molecule has 1 fully saturated rings. The second-order valence-corrected chi connectivity index (χ2v) is 7.86. The van der Waals surface area contributed by atoms with Gasteiger partial charge in [-0.3, -0.25) is 5.32 Å². The summed E-state index contributed by atoms with van der Waals surface area (Å²) in [7, 11) is 0. The van der Waals surface area contributed by atoms with Crippen molar-refractivity contribution in [2.24, 2.45) is 4.99 Å². The largest absolute Gasteiger partial charge is 0.360 e. The summed E-state index contributed by atoms with van der Waals surface area (Å²) in [4.78, 5) is 14.7. The average molecular weight is 389 g/mol. The number of aliphatic imine (C=N–C) groups is 1. The molecule has 3 N–H and O–H groups in total. The fourth-order valence-corrected chi connectivity index (χ4v) is 3.85. The minimum absolute atomic E-state index is 0.450. The first-order chi connectivity index (χ1) is 12.6. The Labute approximate surface area is 163 Å². The topological polar surface area (TPSA) is 74.2 Å². The number of aryl methyl sites for hydroxylation is 2. The molecule has 0 unspecified atom stereocenters. The van der Waals surface area contributed by atoms with Gasteiger partial charge in [-0.15, -0.1) is 11.3 Å². The Balaban J connectivity index is 1.69. The fourth-order valence-electron chi connectivity index (χ4n) is 2.96. The van der Waals surface area contributed by atoms with Gasteiger partial charge in [0.15, 0.2) is 5.11 Å². The molecule has 2 heterocycles. The van der Waals surface area contributed by atoms with Gasteiger partial charge in [0.25, 0.3) is 0 Å². The Bertz CT molecular complexity index is 746. The summed E-state index contributed by atoms with van der Waals surface area (Å²) in [6.45, 7) is 4.47. The van der Waals surface area contributed by atoms with Gasteiger partial charge >= 0.3 is 0 Å². The first-order valence-corrected chi connectivity index (χ1v) is 10.1. The van der Waals surface area contributed by atoms with Crippen molar-refractivity contribution >= 4 is 40.6 Å². The maximum absolute atomic E-state index is 5.47. The maximum Gasteiger partial charge on any atom is 0.229 e. The molecule has 138 valence electrons. The molecule has 1 aliphatic carbocycles. The van der Waals surface area contributed by atoms with Crippen LogP contribution >= 0.6 is 23.6 Å². The van der Waals surface area contributed by atoms with Gasteiger partial charge in [0.2, 0.25) is 11.9 Å². The minimum atomic E-state index is 0.450. The number of hydrogen-bond acceptors (Lipinski definition) is 5. The van der Waals surface area contributed by atoms with Crippen molar-refractivity contribution in [3.63, 3.8) is 0 Å². The van der Waals surface area contributed by atoms with E-state index in [-0.39, 0.29) is 0 Å². The van der Waals surface area contributed by atoms with Crippen molar-refractivity contribution in [3.05, 3.63) is 39.8 Å². The Morgan fingerprint density at radius 3 is 2.65 bits per heavy atom. The lowest BCUT2D eigenvalue weighted by molar-refractivity contribution is 0.629. The van der Waals surface area contributed by atoms with E-state index in [1.54, 1.807) is 11.3 Å². The molecule has 0 atom stereocenters. The molecule has 0 spiro atoms. The summed E-state index contributed by atoms with van der Waals surface area (Å²) in [5.74, 6) is 1.07. The summed E-state index contributed by atoms with van der Waals surface area (Å²) in [6.07, 6.45) is 4.84. The minimum Gasteiger partial charge on any atom is -0.360 e. The van der Waals surface area contributed by atoms with Crippen LogP contribution in [0.5, 0.6) is 0 Å². The summed E-state index contributed by atoms with van der Waals surface area (Å²) in [5, 5.41) is 12.4. The van der Waals surface area contributed by atoms with Crippen molar-refractivity contribution < 1.29 is 0 Å². The van der Waals surface area contributed by atoms with Crippen LogP contribution in [-0.4, -0.2) is 27.1 Å². The molecule has 26 heavy (non-hydrogen) atoms. The zero-order valence-corrected chi connectivity index (χ0v) is 16.7. The average Bonchev–Trinajstić information content (AvgIpc) is 3.25. The van der Waals surface area contributed by atoms with E-state index in [0.29, 0.717) is 29.6 Å². The lowest BCUT2D eigenvalue weighted by Crippen LogP contribution is -2.46. The molecule has 0 bridgehead atoms. The van der Waals surface area contributed by atoms with Crippen molar-refractivity contribution in [3.8, 4) is 0 Å². The number of hydrogen-bond donors (Lipinski definition) is 3. The van der Waals surface area contributed by atoms with Crippen LogP contribution in [0.15, 0.2) is 28.6 Å². The zero-order chi connectivity index (χ0) is 18.4. The van der Waals surface area contributed by atoms with Crippen molar-refractivity contribution in [2.75, 3.05) is 5.32 Å². The molecule has 2 aromatic heterocycles. The van der Waals surface area contributed by atoms with Gasteiger partial charge in [-0.25, -0.2) is 15.0 Å². The number of rotatable bonds is 4. The molecule has 8 heteroatoms. The maximum atomic E-state index is 5.47. The van der Waals surface area contributed by atoms with Crippen LogP contribution in [0.3, 0.4) is 0 Å². The third-order valence-electron chi connectivity index (χ3n) is 4.11. The van der Waals surface area contributed by atoms with E-state index in [9.17, 15) is 0 Å². The van der Waals surface area contributed by atoms with Crippen LogP contribution in [0, 0.1) is 13.8 Å². The number of nitrogens with one attached hydrogen (secondary N) is 3. The second-order valence-electron chi connectivity index (χ2n) is 6.42. The number of anilines is 1. The van der Waals surface area contributed by atoms with Crippen LogP contribution in [0.4, 0.5) is 5.95 Å². The van der Waals surface area contributed by atoms with Crippen LogP contribution in [0.1, 0.15) is 41.9 Å². The van der Waals surface area contributed by atoms with E-state index in [1.165, 1.54) is 17.7 Å². The van der Waals surface area contributed by atoms with Gasteiger partial charge in [0.1, 0.15) is 0 Å². The van der Waals surface area contributed by atoms with Crippen LogP contribution in [0.2, 0.25) is 0 Å². The van der Waals surface area contributed by atoms with Crippen molar-refractivity contribution in [2.45, 2.75) is 52.1 Å². The van der Waals surface area contributed by atoms with Gasteiger partial charge < -0.3 is 10.6 Å².